The van der Waals surface area contributed by atoms with Gasteiger partial charge in [-0.1, -0.05) is 0 Å². The van der Waals surface area contributed by atoms with Crippen molar-refractivity contribution in [2.24, 2.45) is 5.41 Å². The molecule has 0 radical (unpaired) electrons. The van der Waals surface area contributed by atoms with E-state index in [9.17, 15) is 13.2 Å². The summed E-state index contributed by atoms with van der Waals surface area (Å²) in [6.07, 6.45) is 4.99. The van der Waals surface area contributed by atoms with Crippen molar-refractivity contribution >= 4 is 39.7 Å². The van der Waals surface area contributed by atoms with Gasteiger partial charge in [-0.15, -0.1) is 23.7 Å². The summed E-state index contributed by atoms with van der Waals surface area (Å²) in [4.78, 5) is 15.4. The number of carbonyl (C=O) groups is 1. The van der Waals surface area contributed by atoms with Gasteiger partial charge in [-0.2, -0.15) is 4.31 Å². The molecule has 9 heteroatoms. The summed E-state index contributed by atoms with van der Waals surface area (Å²) in [5.41, 5.74) is 0.344. The fourth-order valence-electron chi connectivity index (χ4n) is 4.27. The third-order valence-corrected chi connectivity index (χ3v) is 8.92. The molecule has 26 heavy (non-hydrogen) atoms. The highest BCUT2D eigenvalue weighted by Crippen LogP contribution is 2.38. The lowest BCUT2D eigenvalue weighted by Gasteiger charge is -2.38. The number of thiophene rings is 1. The monoisotopic (exact) mass is 419 g/mol. The highest BCUT2D eigenvalue weighted by atomic mass is 35.5. The van der Waals surface area contributed by atoms with Crippen LogP contribution in [0.25, 0.3) is 0 Å². The van der Waals surface area contributed by atoms with Crippen molar-refractivity contribution in [3.05, 3.63) is 16.3 Å². The molecule has 0 unspecified atom stereocenters. The smallest absolute Gasteiger partial charge is 0.265 e. The van der Waals surface area contributed by atoms with Gasteiger partial charge in [0, 0.05) is 32.7 Å². The average molecular weight is 420 g/mol. The third kappa shape index (κ3) is 3.54. The van der Waals surface area contributed by atoms with E-state index < -0.39 is 10.0 Å². The van der Waals surface area contributed by atoms with Crippen LogP contribution in [0.3, 0.4) is 0 Å². The molecule has 0 atom stereocenters. The molecule has 1 aromatic heterocycles. The van der Waals surface area contributed by atoms with Crippen LogP contribution in [0.5, 0.6) is 0 Å². The zero-order chi connectivity index (χ0) is 17.5. The van der Waals surface area contributed by atoms with E-state index in [0.717, 1.165) is 51.9 Å². The predicted octanol–water partition coefficient (Wildman–Crippen LogP) is 2.17. The van der Waals surface area contributed by atoms with Crippen molar-refractivity contribution in [1.29, 1.82) is 0 Å². The molecule has 1 aromatic rings. The molecule has 0 aliphatic carbocycles. The van der Waals surface area contributed by atoms with Gasteiger partial charge in [0.05, 0.1) is 0 Å². The van der Waals surface area contributed by atoms with Crippen LogP contribution in [0.2, 0.25) is 0 Å². The minimum Gasteiger partial charge on any atom is -0.338 e. The molecule has 3 aliphatic heterocycles. The Labute approximate surface area is 165 Å². The maximum absolute atomic E-state index is 13.0. The summed E-state index contributed by atoms with van der Waals surface area (Å²) >= 11 is 1.25. The van der Waals surface area contributed by atoms with Crippen LogP contribution in [-0.2, 0) is 10.0 Å². The quantitative estimate of drug-likeness (QED) is 0.815. The largest absolute Gasteiger partial charge is 0.338 e. The first-order chi connectivity index (χ1) is 12.0. The van der Waals surface area contributed by atoms with Crippen LogP contribution < -0.4 is 5.32 Å². The summed E-state index contributed by atoms with van der Waals surface area (Å²) in [6, 6.07) is 1.60. The lowest BCUT2D eigenvalue weighted by molar-refractivity contribution is 0.0609. The van der Waals surface area contributed by atoms with Gasteiger partial charge in [0.25, 0.3) is 5.91 Å². The highest BCUT2D eigenvalue weighted by molar-refractivity contribution is 7.89. The summed E-state index contributed by atoms with van der Waals surface area (Å²) in [7, 11) is -3.55. The van der Waals surface area contributed by atoms with Crippen molar-refractivity contribution in [3.63, 3.8) is 0 Å². The first kappa shape index (κ1) is 20.1. The maximum atomic E-state index is 13.0. The second-order valence-corrected chi connectivity index (χ2v) is 10.3. The van der Waals surface area contributed by atoms with Crippen LogP contribution >= 0.6 is 23.7 Å². The number of hydrogen-bond acceptors (Lipinski definition) is 5. The number of hydrogen-bond donors (Lipinski definition) is 1. The molecule has 146 valence electrons. The number of rotatable bonds is 3. The van der Waals surface area contributed by atoms with E-state index >= 15 is 0 Å². The number of nitrogens with one attached hydrogen (secondary N) is 1. The van der Waals surface area contributed by atoms with Gasteiger partial charge in [-0.05, 0) is 55.5 Å². The molecule has 3 saturated heterocycles. The van der Waals surface area contributed by atoms with Crippen LogP contribution in [0.15, 0.2) is 16.3 Å². The third-order valence-electron chi connectivity index (χ3n) is 5.95. The lowest BCUT2D eigenvalue weighted by Crippen LogP contribution is -2.44. The first-order valence-corrected chi connectivity index (χ1v) is 11.4. The van der Waals surface area contributed by atoms with Crippen molar-refractivity contribution in [1.82, 2.24) is 14.5 Å². The predicted molar refractivity (Wildman–Crippen MR) is 105 cm³/mol. The molecule has 3 aliphatic rings. The van der Waals surface area contributed by atoms with E-state index in [0.29, 0.717) is 23.4 Å². The van der Waals surface area contributed by atoms with Gasteiger partial charge >= 0.3 is 0 Å². The highest BCUT2D eigenvalue weighted by Gasteiger charge is 2.39. The molecule has 4 rings (SSSR count). The van der Waals surface area contributed by atoms with Gasteiger partial charge in [0.1, 0.15) is 9.77 Å². The molecular formula is C17H26ClN3O3S2. The summed E-state index contributed by atoms with van der Waals surface area (Å²) < 4.78 is 27.2. The second-order valence-electron chi connectivity index (χ2n) is 7.44. The second kappa shape index (κ2) is 7.75. The van der Waals surface area contributed by atoms with Gasteiger partial charge in [0.2, 0.25) is 10.0 Å². The number of halogens is 1. The number of piperidine rings is 1. The van der Waals surface area contributed by atoms with Crippen LogP contribution in [0, 0.1) is 5.41 Å². The molecule has 1 N–H and O–H groups in total. The number of nitrogens with zero attached hydrogens (tertiary/aromatic N) is 2. The van der Waals surface area contributed by atoms with Crippen LogP contribution in [-0.4, -0.2) is 62.8 Å². The average Bonchev–Trinajstić information content (AvgIpc) is 3.36. The molecule has 3 fully saturated rings. The number of likely N-dealkylation sites (tertiary alicyclic amines) is 1. The van der Waals surface area contributed by atoms with E-state index in [2.05, 4.69) is 5.32 Å². The Hall–Kier alpha value is -0.670. The molecule has 4 heterocycles. The van der Waals surface area contributed by atoms with Crippen LogP contribution in [0.1, 0.15) is 41.8 Å². The van der Waals surface area contributed by atoms with E-state index in [-0.39, 0.29) is 23.2 Å². The maximum Gasteiger partial charge on any atom is 0.265 e. The molecule has 0 aromatic carbocycles. The first-order valence-electron chi connectivity index (χ1n) is 9.10. The molecule has 1 spiro atoms. The fraction of sp³-hybridized carbons (Fsp3) is 0.706. The van der Waals surface area contributed by atoms with E-state index in [4.69, 9.17) is 0 Å². The molecule has 6 nitrogen and oxygen atoms in total. The topological polar surface area (TPSA) is 69.7 Å². The van der Waals surface area contributed by atoms with E-state index in [1.165, 1.54) is 22.1 Å². The summed E-state index contributed by atoms with van der Waals surface area (Å²) in [5.74, 6) is -0.117. The van der Waals surface area contributed by atoms with Crippen molar-refractivity contribution in [2.75, 3.05) is 39.3 Å². The Morgan fingerprint density at radius 1 is 1.12 bits per heavy atom. The summed E-state index contributed by atoms with van der Waals surface area (Å²) in [6.45, 7) is 4.68. The standard InChI is InChI=1S/C17H25N3O3S2.ClH/c21-16(19-10-5-17(6-11-19)4-7-18-13-17)15-14(3-12-24-15)25(22,23)20-8-1-2-9-20;/h3,12,18H,1-2,4-11,13H2;1H. The molecule has 0 saturated carbocycles. The fourth-order valence-corrected chi connectivity index (χ4v) is 7.15. The molecule has 1 amide bonds. The van der Waals surface area contributed by atoms with Crippen molar-refractivity contribution in [2.45, 2.75) is 37.0 Å². The lowest BCUT2D eigenvalue weighted by atomic mass is 9.78. The normalized spacial score (nSPS) is 23.3. The Bertz CT molecular complexity index is 743. The van der Waals surface area contributed by atoms with Gasteiger partial charge in [-0.3, -0.25) is 4.79 Å². The number of carbonyl (C=O) groups excluding carboxylic acids is 1. The zero-order valence-electron chi connectivity index (χ0n) is 14.8. The molecular weight excluding hydrogens is 394 g/mol. The molecule has 0 bridgehead atoms. The van der Waals surface area contributed by atoms with Crippen molar-refractivity contribution in [3.8, 4) is 0 Å². The summed E-state index contributed by atoms with van der Waals surface area (Å²) in [5, 5.41) is 5.15. The van der Waals surface area contributed by atoms with Crippen molar-refractivity contribution < 1.29 is 13.2 Å². The van der Waals surface area contributed by atoms with E-state index in [1.54, 1.807) is 11.4 Å². The van der Waals surface area contributed by atoms with Gasteiger partial charge in [-0.25, -0.2) is 8.42 Å². The zero-order valence-corrected chi connectivity index (χ0v) is 17.2. The number of amides is 1. The van der Waals surface area contributed by atoms with Crippen LogP contribution in [0.4, 0.5) is 0 Å². The Morgan fingerprint density at radius 2 is 1.81 bits per heavy atom. The SMILES string of the molecule is Cl.O=C(c1sccc1S(=O)(=O)N1CCCC1)N1CCC2(CCNC2)CC1. The Morgan fingerprint density at radius 3 is 2.42 bits per heavy atom. The minimum atomic E-state index is -3.55. The van der Waals surface area contributed by atoms with Gasteiger partial charge < -0.3 is 10.2 Å². The van der Waals surface area contributed by atoms with E-state index in [1.807, 2.05) is 4.90 Å². The van der Waals surface area contributed by atoms with Gasteiger partial charge in [0.15, 0.2) is 0 Å². The minimum absolute atomic E-state index is 0. The Kier molecular flexibility index (Phi) is 5.99. The Balaban J connectivity index is 0.00000196. The number of sulfonamides is 1.